The van der Waals surface area contributed by atoms with Crippen molar-refractivity contribution in [2.24, 2.45) is 5.41 Å². The summed E-state index contributed by atoms with van der Waals surface area (Å²) in [4.78, 5) is 12.6. The first kappa shape index (κ1) is 14.7. The average molecular weight is 308 g/mol. The van der Waals surface area contributed by atoms with E-state index in [4.69, 9.17) is 4.74 Å². The van der Waals surface area contributed by atoms with E-state index in [1.54, 1.807) is 7.11 Å². The molecule has 3 aliphatic carbocycles. The summed E-state index contributed by atoms with van der Waals surface area (Å²) in [7, 11) is 1.73. The number of fused-ring (bicyclic) bond motifs is 4. The minimum Gasteiger partial charge on any atom is -0.497 e. The number of carbonyl (C=O) groups excluding carboxylic acids is 1. The van der Waals surface area contributed by atoms with Gasteiger partial charge in [0.1, 0.15) is 11.5 Å². The average Bonchev–Trinajstić information content (AvgIpc) is 2.91. The molecule has 0 bridgehead atoms. The van der Waals surface area contributed by atoms with Crippen molar-refractivity contribution in [3.05, 3.63) is 46.5 Å². The maximum atomic E-state index is 12.6. The molecular formula is C21H24O2. The van der Waals surface area contributed by atoms with Crippen LogP contribution in [0, 0.1) is 5.41 Å². The molecule has 0 amide bonds. The summed E-state index contributed by atoms with van der Waals surface area (Å²) in [5.74, 6) is 1.40. The molecule has 0 saturated carbocycles. The van der Waals surface area contributed by atoms with Crippen molar-refractivity contribution < 1.29 is 9.53 Å². The van der Waals surface area contributed by atoms with Crippen LogP contribution in [0.15, 0.2) is 35.4 Å². The Balaban J connectivity index is 1.81. The SMILES string of the molecule is CCC[C@]12CCC3=C(CCc4cc(OC)ccc43)C1=CCC2=O. The van der Waals surface area contributed by atoms with Crippen LogP contribution in [-0.4, -0.2) is 12.9 Å². The van der Waals surface area contributed by atoms with E-state index in [1.165, 1.54) is 27.8 Å². The Morgan fingerprint density at radius 2 is 2.04 bits per heavy atom. The summed E-state index contributed by atoms with van der Waals surface area (Å²) in [6.07, 6.45) is 9.14. The van der Waals surface area contributed by atoms with Crippen molar-refractivity contribution in [3.63, 3.8) is 0 Å². The van der Waals surface area contributed by atoms with Gasteiger partial charge in [0.15, 0.2) is 0 Å². The normalized spacial score (nSPS) is 25.7. The lowest BCUT2D eigenvalue weighted by Crippen LogP contribution is -2.33. The quantitative estimate of drug-likeness (QED) is 0.796. The highest BCUT2D eigenvalue weighted by molar-refractivity contribution is 5.97. The first-order valence-electron chi connectivity index (χ1n) is 8.83. The van der Waals surface area contributed by atoms with Gasteiger partial charge >= 0.3 is 0 Å². The van der Waals surface area contributed by atoms with Gasteiger partial charge in [0.2, 0.25) is 0 Å². The van der Waals surface area contributed by atoms with Crippen LogP contribution in [-0.2, 0) is 11.2 Å². The van der Waals surface area contributed by atoms with Gasteiger partial charge in [0, 0.05) is 6.42 Å². The number of benzene rings is 1. The molecule has 2 nitrogen and oxygen atoms in total. The van der Waals surface area contributed by atoms with Gasteiger partial charge in [0.05, 0.1) is 12.5 Å². The van der Waals surface area contributed by atoms with Gasteiger partial charge in [-0.05, 0) is 72.1 Å². The fourth-order valence-corrected chi connectivity index (χ4v) is 4.94. The molecule has 0 radical (unpaired) electrons. The fraction of sp³-hybridized carbons (Fsp3) is 0.476. The minimum atomic E-state index is -0.155. The first-order chi connectivity index (χ1) is 11.2. The highest BCUT2D eigenvalue weighted by Crippen LogP contribution is 2.56. The van der Waals surface area contributed by atoms with Crippen LogP contribution in [0.1, 0.15) is 56.6 Å². The van der Waals surface area contributed by atoms with Gasteiger partial charge in [-0.15, -0.1) is 0 Å². The van der Waals surface area contributed by atoms with Crippen LogP contribution in [0.2, 0.25) is 0 Å². The van der Waals surface area contributed by atoms with E-state index < -0.39 is 0 Å². The summed E-state index contributed by atoms with van der Waals surface area (Å²) < 4.78 is 5.38. The van der Waals surface area contributed by atoms with E-state index in [-0.39, 0.29) is 5.41 Å². The van der Waals surface area contributed by atoms with Crippen LogP contribution < -0.4 is 4.74 Å². The molecule has 0 fully saturated rings. The Morgan fingerprint density at radius 1 is 1.17 bits per heavy atom. The molecule has 120 valence electrons. The predicted molar refractivity (Wildman–Crippen MR) is 92.5 cm³/mol. The number of aryl methyl sites for hydroxylation is 1. The van der Waals surface area contributed by atoms with Gasteiger partial charge in [-0.3, -0.25) is 4.79 Å². The van der Waals surface area contributed by atoms with Crippen molar-refractivity contribution in [2.75, 3.05) is 7.11 Å². The van der Waals surface area contributed by atoms with Gasteiger partial charge in [-0.1, -0.05) is 25.5 Å². The van der Waals surface area contributed by atoms with E-state index in [0.29, 0.717) is 12.2 Å². The lowest BCUT2D eigenvalue weighted by molar-refractivity contribution is -0.125. The Hall–Kier alpha value is -1.83. The Labute approximate surface area is 138 Å². The van der Waals surface area contributed by atoms with Crippen LogP contribution >= 0.6 is 0 Å². The highest BCUT2D eigenvalue weighted by atomic mass is 16.5. The molecule has 0 spiro atoms. The zero-order valence-corrected chi connectivity index (χ0v) is 14.1. The number of ether oxygens (including phenoxy) is 1. The summed E-state index contributed by atoms with van der Waals surface area (Å²) in [6.45, 7) is 2.20. The molecule has 0 N–H and O–H groups in total. The molecule has 0 aromatic heterocycles. The molecular weight excluding hydrogens is 284 g/mol. The Kier molecular flexibility index (Phi) is 3.44. The molecule has 1 atom stereocenters. The zero-order chi connectivity index (χ0) is 16.0. The maximum Gasteiger partial charge on any atom is 0.147 e. The third kappa shape index (κ3) is 2.04. The minimum absolute atomic E-state index is 0.155. The second-order valence-electron chi connectivity index (χ2n) is 7.06. The van der Waals surface area contributed by atoms with Crippen LogP contribution in [0.25, 0.3) is 5.57 Å². The van der Waals surface area contributed by atoms with E-state index in [9.17, 15) is 4.79 Å². The van der Waals surface area contributed by atoms with E-state index in [1.807, 2.05) is 0 Å². The van der Waals surface area contributed by atoms with E-state index >= 15 is 0 Å². The van der Waals surface area contributed by atoms with Crippen LogP contribution in [0.5, 0.6) is 5.75 Å². The predicted octanol–water partition coefficient (Wildman–Crippen LogP) is 4.87. The Bertz CT molecular complexity index is 738. The molecule has 0 saturated heterocycles. The van der Waals surface area contributed by atoms with Gasteiger partial charge in [-0.25, -0.2) is 0 Å². The molecule has 0 unspecified atom stereocenters. The maximum absolute atomic E-state index is 12.6. The standard InChI is InChI=1S/C21H24O2/c1-3-11-21-12-10-17-16-7-5-15(23-2)13-14(16)4-6-18(17)19(21)8-9-20(21)22/h5,7-8,13H,3-4,6,9-12H2,1-2H3/t21-/m0/s1. The first-order valence-corrected chi connectivity index (χ1v) is 8.83. The van der Waals surface area contributed by atoms with Gasteiger partial charge < -0.3 is 4.74 Å². The largest absolute Gasteiger partial charge is 0.497 e. The smallest absolute Gasteiger partial charge is 0.147 e. The second-order valence-corrected chi connectivity index (χ2v) is 7.06. The number of carbonyl (C=O) groups is 1. The van der Waals surface area contributed by atoms with E-state index in [2.05, 4.69) is 31.2 Å². The monoisotopic (exact) mass is 308 g/mol. The van der Waals surface area contributed by atoms with Gasteiger partial charge in [-0.2, -0.15) is 0 Å². The second kappa shape index (κ2) is 5.36. The van der Waals surface area contributed by atoms with Crippen molar-refractivity contribution in [1.82, 2.24) is 0 Å². The number of rotatable bonds is 3. The van der Waals surface area contributed by atoms with Crippen molar-refractivity contribution >= 4 is 11.4 Å². The van der Waals surface area contributed by atoms with Gasteiger partial charge in [0.25, 0.3) is 0 Å². The molecule has 1 aromatic rings. The van der Waals surface area contributed by atoms with E-state index in [0.717, 1.165) is 44.3 Å². The number of ketones is 1. The molecule has 2 heteroatoms. The summed E-state index contributed by atoms with van der Waals surface area (Å²) in [6, 6.07) is 6.46. The summed E-state index contributed by atoms with van der Waals surface area (Å²) >= 11 is 0. The van der Waals surface area contributed by atoms with Crippen LogP contribution in [0.3, 0.4) is 0 Å². The van der Waals surface area contributed by atoms with Crippen molar-refractivity contribution in [1.29, 1.82) is 0 Å². The molecule has 0 aliphatic heterocycles. The third-order valence-electron chi connectivity index (χ3n) is 5.99. The summed E-state index contributed by atoms with van der Waals surface area (Å²) in [5.41, 5.74) is 6.98. The molecule has 3 aliphatic rings. The molecule has 23 heavy (non-hydrogen) atoms. The molecule has 4 rings (SSSR count). The zero-order valence-electron chi connectivity index (χ0n) is 14.1. The Morgan fingerprint density at radius 3 is 2.83 bits per heavy atom. The van der Waals surface area contributed by atoms with Crippen LogP contribution in [0.4, 0.5) is 0 Å². The molecule has 1 aromatic carbocycles. The fourth-order valence-electron chi connectivity index (χ4n) is 4.94. The number of Topliss-reactive ketones (excluding diaryl/α,β-unsaturated/α-hetero) is 1. The lowest BCUT2D eigenvalue weighted by Gasteiger charge is -2.40. The summed E-state index contributed by atoms with van der Waals surface area (Å²) in [5, 5.41) is 0. The van der Waals surface area contributed by atoms with Crippen molar-refractivity contribution in [3.8, 4) is 5.75 Å². The highest BCUT2D eigenvalue weighted by Gasteiger charge is 2.48. The number of methoxy groups -OCH3 is 1. The van der Waals surface area contributed by atoms with Crippen molar-refractivity contribution in [2.45, 2.75) is 51.9 Å². The topological polar surface area (TPSA) is 26.3 Å². The molecule has 0 heterocycles. The lowest BCUT2D eigenvalue weighted by atomic mass is 9.63. The number of hydrogen-bond donors (Lipinski definition) is 0. The number of hydrogen-bond acceptors (Lipinski definition) is 2. The third-order valence-corrected chi connectivity index (χ3v) is 5.99. The number of allylic oxidation sites excluding steroid dienone is 4.